The van der Waals surface area contributed by atoms with Gasteiger partial charge in [-0.3, -0.25) is 4.79 Å². The maximum atomic E-state index is 12.3. The van der Waals surface area contributed by atoms with Gasteiger partial charge in [-0.15, -0.1) is 0 Å². The molecule has 0 unspecified atom stereocenters. The number of carbonyl (C=O) groups is 1. The number of nitrogens with one attached hydrogen (secondary N) is 1. The predicted octanol–water partition coefficient (Wildman–Crippen LogP) is 0.433. The maximum absolute atomic E-state index is 12.3. The Morgan fingerprint density at radius 3 is 2.44 bits per heavy atom. The van der Waals surface area contributed by atoms with Crippen molar-refractivity contribution in [2.45, 2.75) is 24.4 Å². The number of sulfonamides is 1. The Balaban J connectivity index is 1.93. The molecule has 2 rings (SSSR count). The second kappa shape index (κ2) is 8.11. The molecular formula is C17H22N3O4S+. The Morgan fingerprint density at radius 2 is 1.84 bits per heavy atom. The molecule has 1 amide bonds. The molecule has 0 saturated carbocycles. The van der Waals surface area contributed by atoms with Crippen LogP contribution in [0.25, 0.3) is 0 Å². The smallest absolute Gasteiger partial charge is 0.282 e. The van der Waals surface area contributed by atoms with Crippen molar-refractivity contribution in [3.63, 3.8) is 0 Å². The topological polar surface area (TPSA) is 115 Å². The van der Waals surface area contributed by atoms with Crippen molar-refractivity contribution >= 4 is 21.6 Å². The van der Waals surface area contributed by atoms with Gasteiger partial charge >= 0.3 is 0 Å². The zero-order valence-electron chi connectivity index (χ0n) is 14.1. The van der Waals surface area contributed by atoms with Gasteiger partial charge in [-0.2, -0.15) is 0 Å². The van der Waals surface area contributed by atoms with Crippen LogP contribution >= 0.6 is 0 Å². The first-order valence-electron chi connectivity index (χ1n) is 7.70. The first-order chi connectivity index (χ1) is 11.8. The number of anilines is 1. The third-order valence-electron chi connectivity index (χ3n) is 3.74. The number of primary sulfonamides is 1. The second-order valence-electron chi connectivity index (χ2n) is 5.61. The summed E-state index contributed by atoms with van der Waals surface area (Å²) in [5.74, 6) is 0.451. The molecule has 25 heavy (non-hydrogen) atoms. The average molecular weight is 364 g/mol. The van der Waals surface area contributed by atoms with E-state index in [4.69, 9.17) is 9.88 Å². The van der Waals surface area contributed by atoms with E-state index in [9.17, 15) is 13.2 Å². The third kappa shape index (κ3) is 5.28. The number of amides is 1. The molecule has 0 bridgehead atoms. The van der Waals surface area contributed by atoms with E-state index in [1.165, 1.54) is 12.1 Å². The minimum Gasteiger partial charge on any atom is -0.495 e. The van der Waals surface area contributed by atoms with Crippen molar-refractivity contribution in [2.24, 2.45) is 5.14 Å². The fourth-order valence-corrected chi connectivity index (χ4v) is 2.75. The van der Waals surface area contributed by atoms with Crippen molar-refractivity contribution in [3.8, 4) is 5.75 Å². The summed E-state index contributed by atoms with van der Waals surface area (Å²) in [6.07, 6.45) is 0. The van der Waals surface area contributed by atoms with E-state index in [2.05, 4.69) is 5.32 Å². The van der Waals surface area contributed by atoms with Crippen molar-refractivity contribution in [2.75, 3.05) is 12.4 Å². The van der Waals surface area contributed by atoms with Crippen LogP contribution in [0.2, 0.25) is 0 Å². The first-order valence-corrected chi connectivity index (χ1v) is 9.25. The largest absolute Gasteiger partial charge is 0.495 e. The number of rotatable bonds is 7. The summed E-state index contributed by atoms with van der Waals surface area (Å²) in [6, 6.07) is 13.1. The van der Waals surface area contributed by atoms with Crippen LogP contribution < -0.4 is 20.5 Å². The molecule has 0 heterocycles. The van der Waals surface area contributed by atoms with Crippen LogP contribution in [0.3, 0.4) is 0 Å². The molecule has 2 aromatic carbocycles. The first kappa shape index (κ1) is 18.9. The molecule has 0 aliphatic rings. The molecule has 7 nitrogen and oxygen atoms in total. The molecule has 0 fully saturated rings. The number of ether oxygens (including phenoxy) is 1. The van der Waals surface area contributed by atoms with Crippen LogP contribution in [-0.2, 0) is 21.4 Å². The molecule has 134 valence electrons. The van der Waals surface area contributed by atoms with E-state index < -0.39 is 10.0 Å². The van der Waals surface area contributed by atoms with E-state index in [1.807, 2.05) is 17.4 Å². The van der Waals surface area contributed by atoms with Crippen LogP contribution in [0, 0.1) is 0 Å². The number of methoxy groups -OCH3 is 1. The van der Waals surface area contributed by atoms with Gasteiger partial charge in [0.1, 0.15) is 12.3 Å². The highest BCUT2D eigenvalue weighted by molar-refractivity contribution is 7.89. The van der Waals surface area contributed by atoms with Crippen molar-refractivity contribution < 1.29 is 23.3 Å². The van der Waals surface area contributed by atoms with Gasteiger partial charge in [-0.1, -0.05) is 24.3 Å². The minimum atomic E-state index is -3.69. The molecule has 1 atom stereocenters. The van der Waals surface area contributed by atoms with E-state index in [0.717, 1.165) is 5.56 Å². The van der Waals surface area contributed by atoms with E-state index >= 15 is 0 Å². The van der Waals surface area contributed by atoms with Gasteiger partial charge in [-0.05, 0) is 31.2 Å². The molecule has 0 aliphatic carbocycles. The summed E-state index contributed by atoms with van der Waals surface area (Å²) in [6.45, 7) is 2.33. The highest BCUT2D eigenvalue weighted by Gasteiger charge is 2.17. The molecule has 8 heteroatoms. The van der Waals surface area contributed by atoms with Gasteiger partial charge < -0.3 is 15.4 Å². The second-order valence-corrected chi connectivity index (χ2v) is 7.17. The molecule has 0 radical (unpaired) electrons. The highest BCUT2D eigenvalue weighted by Crippen LogP contribution is 2.22. The lowest BCUT2D eigenvalue weighted by molar-refractivity contribution is -0.688. The number of nitrogens with two attached hydrogens (primary N) is 2. The van der Waals surface area contributed by atoms with Crippen LogP contribution in [0.5, 0.6) is 5.75 Å². The lowest BCUT2D eigenvalue weighted by atomic mass is 10.2. The quantitative estimate of drug-likeness (QED) is 0.661. The molecule has 0 aromatic heterocycles. The molecular weight excluding hydrogens is 342 g/mol. The molecule has 2 aromatic rings. The number of para-hydroxylation sites is 2. The van der Waals surface area contributed by atoms with Crippen LogP contribution in [0.4, 0.5) is 5.69 Å². The highest BCUT2D eigenvalue weighted by atomic mass is 32.2. The van der Waals surface area contributed by atoms with Crippen molar-refractivity contribution in [1.82, 2.24) is 0 Å². The summed E-state index contributed by atoms with van der Waals surface area (Å²) in [7, 11) is -2.14. The fraction of sp³-hybridized carbons (Fsp3) is 0.235. The minimum absolute atomic E-state index is 0.0678. The molecule has 0 saturated heterocycles. The zero-order chi connectivity index (χ0) is 18.4. The SMILES string of the molecule is COc1ccccc1NC(=O)[C@@H](C)[NH2+]Cc1ccc(S(N)(=O)=O)cc1. The normalized spacial score (nSPS) is 12.4. The Morgan fingerprint density at radius 1 is 1.20 bits per heavy atom. The van der Waals surface area contributed by atoms with E-state index in [1.54, 1.807) is 38.3 Å². The Kier molecular flexibility index (Phi) is 6.13. The van der Waals surface area contributed by atoms with Gasteiger partial charge in [-0.25, -0.2) is 13.6 Å². The molecule has 0 aliphatic heterocycles. The Bertz CT molecular complexity index is 835. The number of benzene rings is 2. The van der Waals surface area contributed by atoms with Crippen molar-refractivity contribution in [1.29, 1.82) is 0 Å². The lowest BCUT2D eigenvalue weighted by Gasteiger charge is -2.13. The summed E-state index contributed by atoms with van der Waals surface area (Å²) in [5.41, 5.74) is 1.51. The van der Waals surface area contributed by atoms with Gasteiger partial charge in [0.25, 0.3) is 5.91 Å². The van der Waals surface area contributed by atoms with E-state index in [0.29, 0.717) is 18.0 Å². The average Bonchev–Trinajstić information content (AvgIpc) is 2.59. The van der Waals surface area contributed by atoms with E-state index in [-0.39, 0.29) is 16.8 Å². The lowest BCUT2D eigenvalue weighted by Crippen LogP contribution is -2.90. The van der Waals surface area contributed by atoms with Crippen LogP contribution in [0.1, 0.15) is 12.5 Å². The van der Waals surface area contributed by atoms with Gasteiger partial charge in [0.15, 0.2) is 6.04 Å². The van der Waals surface area contributed by atoms with Gasteiger partial charge in [0, 0.05) is 5.56 Å². The Labute approximate surface area is 147 Å². The number of hydrogen-bond donors (Lipinski definition) is 3. The maximum Gasteiger partial charge on any atom is 0.282 e. The van der Waals surface area contributed by atoms with Gasteiger partial charge in [0.05, 0.1) is 17.7 Å². The standard InChI is InChI=1S/C17H21N3O4S/c1-12(17(21)20-15-5-3-4-6-16(15)24-2)19-11-13-7-9-14(10-8-13)25(18,22)23/h3-10,12,19H,11H2,1-2H3,(H,20,21)(H2,18,22,23)/p+1/t12-/m1/s1. The Hall–Kier alpha value is -2.42. The summed E-state index contributed by atoms with van der Waals surface area (Å²) in [4.78, 5) is 12.4. The number of quaternary nitrogens is 1. The third-order valence-corrected chi connectivity index (χ3v) is 4.67. The summed E-state index contributed by atoms with van der Waals surface area (Å²) >= 11 is 0. The number of hydrogen-bond acceptors (Lipinski definition) is 4. The summed E-state index contributed by atoms with van der Waals surface area (Å²) < 4.78 is 27.7. The molecule has 0 spiro atoms. The van der Waals surface area contributed by atoms with Gasteiger partial charge in [0.2, 0.25) is 10.0 Å². The zero-order valence-corrected chi connectivity index (χ0v) is 14.9. The molecule has 5 N–H and O–H groups in total. The van der Waals surface area contributed by atoms with Crippen molar-refractivity contribution in [3.05, 3.63) is 54.1 Å². The monoisotopic (exact) mass is 364 g/mol. The summed E-state index contributed by atoms with van der Waals surface area (Å²) in [5, 5.41) is 9.76. The van der Waals surface area contributed by atoms with Crippen LogP contribution in [-0.4, -0.2) is 27.5 Å². The predicted molar refractivity (Wildman–Crippen MR) is 94.5 cm³/mol. The van der Waals surface area contributed by atoms with Crippen LogP contribution in [0.15, 0.2) is 53.4 Å². The number of carbonyl (C=O) groups excluding carboxylic acids is 1. The fourth-order valence-electron chi connectivity index (χ4n) is 2.23.